The number of aryl methyl sites for hydroxylation is 4. The van der Waals surface area contributed by atoms with E-state index in [1.807, 2.05) is 52.0 Å². The maximum absolute atomic E-state index is 12.0. The zero-order valence-corrected chi connectivity index (χ0v) is 17.5. The largest absolute Gasteiger partial charge is 0.411 e. The third-order valence-electron chi connectivity index (χ3n) is 4.08. The lowest BCUT2D eigenvalue weighted by Gasteiger charge is -2.09. The van der Waals surface area contributed by atoms with Crippen LogP contribution in [0.2, 0.25) is 0 Å². The lowest BCUT2D eigenvalue weighted by atomic mass is 10.1. The summed E-state index contributed by atoms with van der Waals surface area (Å²) in [7, 11) is 0. The number of nitrogens with zero attached hydrogens (tertiary/aromatic N) is 2. The molecule has 0 aliphatic rings. The maximum atomic E-state index is 12.0. The molecule has 2 N–H and O–H groups in total. The van der Waals surface area contributed by atoms with Crippen molar-refractivity contribution in [3.63, 3.8) is 0 Å². The fraction of sp³-hybridized carbons (Fsp3) is 0.238. The summed E-state index contributed by atoms with van der Waals surface area (Å²) in [5.41, 5.74) is 5.71. The second-order valence-corrected chi connectivity index (χ2v) is 7.79. The second kappa shape index (κ2) is 8.91. The molecule has 2 aromatic carbocycles. The number of imide groups is 1. The molecule has 7 nitrogen and oxygen atoms in total. The van der Waals surface area contributed by atoms with Gasteiger partial charge in [0.2, 0.25) is 11.8 Å². The normalized spacial score (nSPS) is 10.6. The van der Waals surface area contributed by atoms with E-state index in [2.05, 4.69) is 26.9 Å². The number of benzene rings is 2. The van der Waals surface area contributed by atoms with Gasteiger partial charge in [-0.15, -0.1) is 10.2 Å². The Kier molecular flexibility index (Phi) is 6.33. The van der Waals surface area contributed by atoms with Crippen molar-refractivity contribution in [2.45, 2.75) is 32.9 Å². The molecule has 0 spiro atoms. The molecule has 29 heavy (non-hydrogen) atoms. The molecule has 0 saturated heterocycles. The summed E-state index contributed by atoms with van der Waals surface area (Å²) < 4.78 is 5.62. The van der Waals surface area contributed by atoms with Gasteiger partial charge in [-0.3, -0.25) is 10.1 Å². The summed E-state index contributed by atoms with van der Waals surface area (Å²) in [4.78, 5) is 24.1. The lowest BCUT2D eigenvalue weighted by Crippen LogP contribution is -2.35. The molecular weight excluding hydrogens is 388 g/mol. The van der Waals surface area contributed by atoms with Gasteiger partial charge in [0.15, 0.2) is 0 Å². The summed E-state index contributed by atoms with van der Waals surface area (Å²) >= 11 is 1.07. The van der Waals surface area contributed by atoms with E-state index >= 15 is 0 Å². The van der Waals surface area contributed by atoms with Crippen LogP contribution in [0.1, 0.15) is 22.3 Å². The van der Waals surface area contributed by atoms with E-state index in [4.69, 9.17) is 4.42 Å². The Balaban J connectivity index is 1.53. The van der Waals surface area contributed by atoms with Gasteiger partial charge in [0, 0.05) is 11.3 Å². The first-order valence-corrected chi connectivity index (χ1v) is 10.0. The van der Waals surface area contributed by atoms with Gasteiger partial charge in [0.25, 0.3) is 5.22 Å². The van der Waals surface area contributed by atoms with Crippen molar-refractivity contribution in [2.24, 2.45) is 0 Å². The van der Waals surface area contributed by atoms with Crippen LogP contribution in [0.25, 0.3) is 11.5 Å². The summed E-state index contributed by atoms with van der Waals surface area (Å²) in [6, 6.07) is 11.0. The summed E-state index contributed by atoms with van der Waals surface area (Å²) in [6.45, 7) is 7.86. The monoisotopic (exact) mass is 410 g/mol. The highest BCUT2D eigenvalue weighted by Gasteiger charge is 2.14. The molecule has 150 valence electrons. The molecule has 8 heteroatoms. The van der Waals surface area contributed by atoms with Crippen molar-refractivity contribution in [1.29, 1.82) is 0 Å². The first kappa shape index (κ1) is 20.6. The Morgan fingerprint density at radius 3 is 2.38 bits per heavy atom. The van der Waals surface area contributed by atoms with Crippen LogP contribution in [0, 0.1) is 27.7 Å². The molecule has 1 heterocycles. The Morgan fingerprint density at radius 2 is 1.69 bits per heavy atom. The third-order valence-corrected chi connectivity index (χ3v) is 4.90. The number of hydrogen-bond acceptors (Lipinski definition) is 6. The number of anilines is 1. The SMILES string of the molecule is Cc1cc(C)cc(-c2nnc(SCC(=O)NC(=O)Nc3ccc(C)cc3C)o2)c1. The number of rotatable bonds is 5. The van der Waals surface area contributed by atoms with Crippen molar-refractivity contribution in [2.75, 3.05) is 11.1 Å². The molecule has 0 radical (unpaired) electrons. The van der Waals surface area contributed by atoms with Gasteiger partial charge in [-0.05, 0) is 51.5 Å². The first-order chi connectivity index (χ1) is 13.8. The van der Waals surface area contributed by atoms with Crippen molar-refractivity contribution in [3.8, 4) is 11.5 Å². The number of amides is 3. The molecule has 0 fully saturated rings. The zero-order valence-electron chi connectivity index (χ0n) is 16.7. The highest BCUT2D eigenvalue weighted by molar-refractivity contribution is 7.99. The van der Waals surface area contributed by atoms with Crippen molar-refractivity contribution >= 4 is 29.4 Å². The standard InChI is InChI=1S/C21H22N4O3S/c1-12-5-6-17(15(4)8-12)22-20(27)23-18(26)11-29-21-25-24-19(28-21)16-9-13(2)7-14(3)10-16/h5-10H,11H2,1-4H3,(H2,22,23,26,27). The number of aromatic nitrogens is 2. The van der Waals surface area contributed by atoms with E-state index in [0.29, 0.717) is 11.6 Å². The molecule has 3 aromatic rings. The number of carbonyl (C=O) groups is 2. The topological polar surface area (TPSA) is 97.1 Å². The van der Waals surface area contributed by atoms with Crippen LogP contribution in [0.4, 0.5) is 10.5 Å². The number of urea groups is 1. The highest BCUT2D eigenvalue weighted by atomic mass is 32.2. The third kappa shape index (κ3) is 5.68. The molecule has 0 unspecified atom stereocenters. The van der Waals surface area contributed by atoms with Crippen molar-refractivity contribution in [1.82, 2.24) is 15.5 Å². The van der Waals surface area contributed by atoms with Gasteiger partial charge in [-0.2, -0.15) is 0 Å². The predicted octanol–water partition coefficient (Wildman–Crippen LogP) is 4.41. The van der Waals surface area contributed by atoms with E-state index in [1.165, 1.54) is 0 Å². The van der Waals surface area contributed by atoms with Gasteiger partial charge in [-0.1, -0.05) is 46.7 Å². The van der Waals surface area contributed by atoms with Crippen LogP contribution < -0.4 is 10.6 Å². The molecule has 0 atom stereocenters. The van der Waals surface area contributed by atoms with E-state index in [1.54, 1.807) is 6.07 Å². The van der Waals surface area contributed by atoms with E-state index in [9.17, 15) is 9.59 Å². The van der Waals surface area contributed by atoms with E-state index < -0.39 is 11.9 Å². The average molecular weight is 410 g/mol. The molecule has 0 bridgehead atoms. The van der Waals surface area contributed by atoms with Crippen LogP contribution in [0.15, 0.2) is 46.0 Å². The molecule has 3 rings (SSSR count). The van der Waals surface area contributed by atoms with Crippen LogP contribution in [-0.4, -0.2) is 27.9 Å². The van der Waals surface area contributed by atoms with Crippen LogP contribution >= 0.6 is 11.8 Å². The summed E-state index contributed by atoms with van der Waals surface area (Å²) in [5, 5.41) is 13.2. The zero-order chi connectivity index (χ0) is 21.0. The quantitative estimate of drug-likeness (QED) is 0.605. The lowest BCUT2D eigenvalue weighted by molar-refractivity contribution is -0.117. The van der Waals surface area contributed by atoms with Gasteiger partial charge in [-0.25, -0.2) is 4.79 Å². The van der Waals surface area contributed by atoms with E-state index in [0.717, 1.165) is 39.6 Å². The molecule has 0 saturated carbocycles. The Labute approximate surface area is 173 Å². The predicted molar refractivity (Wildman–Crippen MR) is 113 cm³/mol. The van der Waals surface area contributed by atoms with E-state index in [-0.39, 0.29) is 11.0 Å². The number of nitrogens with one attached hydrogen (secondary N) is 2. The minimum Gasteiger partial charge on any atom is -0.411 e. The summed E-state index contributed by atoms with van der Waals surface area (Å²) in [6.07, 6.45) is 0. The van der Waals surface area contributed by atoms with Gasteiger partial charge in [0.05, 0.1) is 5.75 Å². The fourth-order valence-electron chi connectivity index (χ4n) is 2.88. The fourth-order valence-corrected chi connectivity index (χ4v) is 3.44. The van der Waals surface area contributed by atoms with Crippen LogP contribution in [0.5, 0.6) is 0 Å². The first-order valence-electron chi connectivity index (χ1n) is 9.03. The van der Waals surface area contributed by atoms with Gasteiger partial charge < -0.3 is 9.73 Å². The minimum atomic E-state index is -0.580. The van der Waals surface area contributed by atoms with Gasteiger partial charge >= 0.3 is 6.03 Å². The minimum absolute atomic E-state index is 0.0191. The maximum Gasteiger partial charge on any atom is 0.325 e. The second-order valence-electron chi connectivity index (χ2n) is 6.86. The molecule has 1 aromatic heterocycles. The highest BCUT2D eigenvalue weighted by Crippen LogP contribution is 2.24. The number of hydrogen-bond donors (Lipinski definition) is 2. The Hall–Kier alpha value is -3.13. The average Bonchev–Trinajstić information content (AvgIpc) is 3.11. The Bertz CT molecular complexity index is 1040. The van der Waals surface area contributed by atoms with Crippen molar-refractivity contribution in [3.05, 3.63) is 58.7 Å². The Morgan fingerprint density at radius 1 is 0.966 bits per heavy atom. The van der Waals surface area contributed by atoms with Crippen LogP contribution in [-0.2, 0) is 4.79 Å². The summed E-state index contributed by atoms with van der Waals surface area (Å²) in [5.74, 6) is -0.0786. The van der Waals surface area contributed by atoms with Crippen LogP contribution in [0.3, 0.4) is 0 Å². The van der Waals surface area contributed by atoms with Gasteiger partial charge in [0.1, 0.15) is 0 Å². The van der Waals surface area contributed by atoms with Crippen molar-refractivity contribution < 1.29 is 14.0 Å². The molecule has 3 amide bonds. The molecule has 0 aliphatic heterocycles. The number of carbonyl (C=O) groups excluding carboxylic acids is 2. The molecular formula is C21H22N4O3S. The molecule has 0 aliphatic carbocycles. The number of thioether (sulfide) groups is 1. The smallest absolute Gasteiger partial charge is 0.325 e.